The maximum atomic E-state index is 12.2. The highest BCUT2D eigenvalue weighted by molar-refractivity contribution is 5.23. The van der Waals surface area contributed by atoms with Gasteiger partial charge in [0.2, 0.25) is 0 Å². The third kappa shape index (κ3) is 2.86. The van der Waals surface area contributed by atoms with Crippen molar-refractivity contribution < 1.29 is 9.26 Å². The first kappa shape index (κ1) is 13.4. The molecule has 2 aromatic heterocycles. The molecule has 0 aromatic carbocycles. The normalized spacial score (nSPS) is 10.7. The van der Waals surface area contributed by atoms with Crippen molar-refractivity contribution in [2.45, 2.75) is 33.7 Å². The van der Waals surface area contributed by atoms with Crippen LogP contribution in [0.3, 0.4) is 0 Å². The number of aryl methyl sites for hydroxylation is 2. The Morgan fingerprint density at radius 1 is 1.42 bits per heavy atom. The molecule has 0 fully saturated rings. The summed E-state index contributed by atoms with van der Waals surface area (Å²) in [5, 5.41) is 3.89. The van der Waals surface area contributed by atoms with E-state index < -0.39 is 0 Å². The lowest BCUT2D eigenvalue weighted by Crippen LogP contribution is -2.22. The molecule has 0 aliphatic rings. The Hall–Kier alpha value is -2.04. The molecule has 0 spiro atoms. The minimum atomic E-state index is -0.129. The first-order valence-corrected chi connectivity index (χ1v) is 6.37. The molecule has 102 valence electrons. The predicted molar refractivity (Wildman–Crippen MR) is 71.6 cm³/mol. The van der Waals surface area contributed by atoms with Crippen molar-refractivity contribution in [3.63, 3.8) is 0 Å². The van der Waals surface area contributed by atoms with Gasteiger partial charge in [-0.05, 0) is 32.4 Å². The molecule has 0 aliphatic heterocycles. The van der Waals surface area contributed by atoms with Gasteiger partial charge in [-0.3, -0.25) is 4.79 Å². The van der Waals surface area contributed by atoms with E-state index in [4.69, 9.17) is 9.26 Å². The van der Waals surface area contributed by atoms with Crippen molar-refractivity contribution >= 4 is 0 Å². The minimum Gasteiger partial charge on any atom is -0.488 e. The van der Waals surface area contributed by atoms with Gasteiger partial charge >= 0.3 is 0 Å². The lowest BCUT2D eigenvalue weighted by atomic mass is 10.2. The molecule has 0 bridgehead atoms. The van der Waals surface area contributed by atoms with Gasteiger partial charge in [-0.15, -0.1) is 0 Å². The van der Waals surface area contributed by atoms with E-state index in [0.29, 0.717) is 18.9 Å². The summed E-state index contributed by atoms with van der Waals surface area (Å²) < 4.78 is 12.1. The van der Waals surface area contributed by atoms with Gasteiger partial charge in [0.05, 0.1) is 18.8 Å². The van der Waals surface area contributed by atoms with Crippen molar-refractivity contribution in [3.05, 3.63) is 45.7 Å². The molecule has 0 radical (unpaired) electrons. The second-order valence-electron chi connectivity index (χ2n) is 4.46. The van der Waals surface area contributed by atoms with Gasteiger partial charge < -0.3 is 13.8 Å². The SMILES string of the molecule is CCCOc1cccn(Cc2c(C)noc2C)c1=O. The fraction of sp³-hybridized carbons (Fsp3) is 0.429. The van der Waals surface area contributed by atoms with E-state index in [1.54, 1.807) is 16.8 Å². The fourth-order valence-electron chi connectivity index (χ4n) is 1.86. The Kier molecular flexibility index (Phi) is 4.04. The first-order chi connectivity index (χ1) is 9.13. The van der Waals surface area contributed by atoms with Crippen LogP contribution in [0.1, 0.15) is 30.4 Å². The number of hydrogen-bond donors (Lipinski definition) is 0. The topological polar surface area (TPSA) is 57.3 Å². The van der Waals surface area contributed by atoms with Gasteiger partial charge in [0.1, 0.15) is 5.76 Å². The maximum absolute atomic E-state index is 12.2. The molecule has 19 heavy (non-hydrogen) atoms. The maximum Gasteiger partial charge on any atom is 0.293 e. The highest BCUT2D eigenvalue weighted by Crippen LogP contribution is 2.13. The van der Waals surface area contributed by atoms with Crippen LogP contribution >= 0.6 is 0 Å². The smallest absolute Gasteiger partial charge is 0.293 e. The number of ether oxygens (including phenoxy) is 1. The zero-order valence-corrected chi connectivity index (χ0v) is 11.5. The van der Waals surface area contributed by atoms with Gasteiger partial charge in [-0.2, -0.15) is 0 Å². The van der Waals surface area contributed by atoms with Crippen molar-refractivity contribution in [2.24, 2.45) is 0 Å². The summed E-state index contributed by atoms with van der Waals surface area (Å²) in [4.78, 5) is 12.2. The lowest BCUT2D eigenvalue weighted by Gasteiger charge is -2.08. The van der Waals surface area contributed by atoms with Crippen LogP contribution in [0.15, 0.2) is 27.6 Å². The Bertz CT molecular complexity index is 594. The molecule has 2 heterocycles. The Morgan fingerprint density at radius 3 is 2.84 bits per heavy atom. The molecule has 0 amide bonds. The number of pyridine rings is 1. The van der Waals surface area contributed by atoms with Crippen LogP contribution in [0.2, 0.25) is 0 Å². The minimum absolute atomic E-state index is 0.129. The number of rotatable bonds is 5. The van der Waals surface area contributed by atoms with Crippen LogP contribution in [0, 0.1) is 13.8 Å². The van der Waals surface area contributed by atoms with Gasteiger partial charge in [0, 0.05) is 11.8 Å². The zero-order valence-electron chi connectivity index (χ0n) is 11.5. The van der Waals surface area contributed by atoms with Crippen LogP contribution in [0.5, 0.6) is 5.75 Å². The van der Waals surface area contributed by atoms with E-state index >= 15 is 0 Å². The van der Waals surface area contributed by atoms with E-state index in [2.05, 4.69) is 5.16 Å². The summed E-state index contributed by atoms with van der Waals surface area (Å²) in [6, 6.07) is 3.51. The van der Waals surface area contributed by atoms with E-state index in [0.717, 1.165) is 23.4 Å². The van der Waals surface area contributed by atoms with Crippen LogP contribution in [-0.4, -0.2) is 16.3 Å². The highest BCUT2D eigenvalue weighted by Gasteiger charge is 2.11. The lowest BCUT2D eigenvalue weighted by molar-refractivity contribution is 0.310. The molecule has 0 unspecified atom stereocenters. The molecule has 0 atom stereocenters. The van der Waals surface area contributed by atoms with E-state index in [9.17, 15) is 4.79 Å². The summed E-state index contributed by atoms with van der Waals surface area (Å²) >= 11 is 0. The average Bonchev–Trinajstić information content (AvgIpc) is 2.71. The predicted octanol–water partition coefficient (Wildman–Crippen LogP) is 2.29. The quantitative estimate of drug-likeness (QED) is 0.829. The van der Waals surface area contributed by atoms with Gasteiger partial charge in [-0.25, -0.2) is 0 Å². The molecular weight excluding hydrogens is 244 g/mol. The second kappa shape index (κ2) is 5.73. The molecule has 0 N–H and O–H groups in total. The zero-order chi connectivity index (χ0) is 13.8. The largest absolute Gasteiger partial charge is 0.488 e. The van der Waals surface area contributed by atoms with Crippen LogP contribution in [0.25, 0.3) is 0 Å². The summed E-state index contributed by atoms with van der Waals surface area (Å²) in [5.41, 5.74) is 1.62. The molecule has 0 saturated carbocycles. The van der Waals surface area contributed by atoms with Crippen molar-refractivity contribution in [1.82, 2.24) is 9.72 Å². The molecule has 5 heteroatoms. The number of aromatic nitrogens is 2. The number of hydrogen-bond acceptors (Lipinski definition) is 4. The number of nitrogens with zero attached hydrogens (tertiary/aromatic N) is 2. The van der Waals surface area contributed by atoms with Crippen LogP contribution < -0.4 is 10.3 Å². The molecule has 0 aliphatic carbocycles. The van der Waals surface area contributed by atoms with E-state index in [1.165, 1.54) is 0 Å². The third-order valence-corrected chi connectivity index (χ3v) is 2.96. The Morgan fingerprint density at radius 2 is 2.21 bits per heavy atom. The van der Waals surface area contributed by atoms with Crippen LogP contribution in [-0.2, 0) is 6.54 Å². The summed E-state index contributed by atoms with van der Waals surface area (Å²) in [5.74, 6) is 1.13. The van der Waals surface area contributed by atoms with Gasteiger partial charge in [0.15, 0.2) is 5.75 Å². The van der Waals surface area contributed by atoms with Crippen LogP contribution in [0.4, 0.5) is 0 Å². The first-order valence-electron chi connectivity index (χ1n) is 6.37. The van der Waals surface area contributed by atoms with Crippen molar-refractivity contribution in [2.75, 3.05) is 6.61 Å². The molecule has 2 rings (SSSR count). The molecular formula is C14H18N2O3. The monoisotopic (exact) mass is 262 g/mol. The standard InChI is InChI=1S/C14H18N2O3/c1-4-8-18-13-6-5-7-16(14(13)17)9-12-10(2)15-19-11(12)3/h5-7H,4,8-9H2,1-3H3. The van der Waals surface area contributed by atoms with E-state index in [-0.39, 0.29) is 5.56 Å². The summed E-state index contributed by atoms with van der Waals surface area (Å²) in [6.45, 7) is 6.71. The van der Waals surface area contributed by atoms with Crippen molar-refractivity contribution in [3.8, 4) is 5.75 Å². The molecule has 5 nitrogen and oxygen atoms in total. The van der Waals surface area contributed by atoms with Crippen molar-refractivity contribution in [1.29, 1.82) is 0 Å². The molecule has 2 aromatic rings. The average molecular weight is 262 g/mol. The highest BCUT2D eigenvalue weighted by atomic mass is 16.5. The van der Waals surface area contributed by atoms with E-state index in [1.807, 2.05) is 26.8 Å². The van der Waals surface area contributed by atoms with Gasteiger partial charge in [-0.1, -0.05) is 12.1 Å². The second-order valence-corrected chi connectivity index (χ2v) is 4.46. The summed E-state index contributed by atoms with van der Waals surface area (Å²) in [7, 11) is 0. The fourth-order valence-corrected chi connectivity index (χ4v) is 1.86. The third-order valence-electron chi connectivity index (χ3n) is 2.96. The van der Waals surface area contributed by atoms with Gasteiger partial charge in [0.25, 0.3) is 5.56 Å². The Balaban J connectivity index is 2.29. The Labute approximate surface area is 111 Å². The molecule has 0 saturated heterocycles. The summed E-state index contributed by atoms with van der Waals surface area (Å²) in [6.07, 6.45) is 2.62.